The molecule has 0 unspecified atom stereocenters. The second-order valence-corrected chi connectivity index (χ2v) is 3.88. The minimum atomic E-state index is -4.95. The summed E-state index contributed by atoms with van der Waals surface area (Å²) >= 11 is 0. The van der Waals surface area contributed by atoms with Crippen molar-refractivity contribution in [2.75, 3.05) is 6.56 Å². The highest BCUT2D eigenvalue weighted by molar-refractivity contribution is 7.87. The fraction of sp³-hybridized carbons (Fsp3) is 0.250. The van der Waals surface area contributed by atoms with Crippen molar-refractivity contribution in [2.24, 2.45) is 0 Å². The van der Waals surface area contributed by atoms with Crippen LogP contribution < -0.4 is 0 Å². The molecule has 1 aromatic carbocycles. The van der Waals surface area contributed by atoms with Crippen molar-refractivity contribution >= 4 is 15.8 Å². The number of benzene rings is 1. The van der Waals surface area contributed by atoms with Gasteiger partial charge in [-0.3, -0.25) is 14.3 Å². The summed E-state index contributed by atoms with van der Waals surface area (Å²) in [5.41, 5.74) is -0.839. The lowest BCUT2D eigenvalue weighted by Gasteiger charge is -2.03. The maximum absolute atomic E-state index is 11.8. The predicted molar refractivity (Wildman–Crippen MR) is 51.9 cm³/mol. The van der Waals surface area contributed by atoms with Crippen LogP contribution in [0.3, 0.4) is 0 Å². The standard InChI is InChI=1S/C8H9NO5S/c1-2-14-15(12,13)8-6-4-3-5-7(8)9(10)11/h3-6H,2H2,1H3/i1D3,2D2. The van der Waals surface area contributed by atoms with Gasteiger partial charge in [-0.05, 0) is 12.9 Å². The molecular formula is C8H9NO5S. The van der Waals surface area contributed by atoms with Crippen molar-refractivity contribution in [2.45, 2.75) is 11.7 Å². The minimum Gasteiger partial charge on any atom is -0.266 e. The maximum Gasteiger partial charge on any atom is 0.303 e. The van der Waals surface area contributed by atoms with Crippen molar-refractivity contribution in [3.05, 3.63) is 34.4 Å². The molecule has 6 nitrogen and oxygen atoms in total. The molecule has 0 saturated heterocycles. The summed E-state index contributed by atoms with van der Waals surface area (Å²) in [7, 11) is -4.95. The summed E-state index contributed by atoms with van der Waals surface area (Å²) < 4.78 is 62.3. The summed E-state index contributed by atoms with van der Waals surface area (Å²) in [5.74, 6) is 0. The van der Waals surface area contributed by atoms with Crippen molar-refractivity contribution in [1.29, 1.82) is 0 Å². The average molecular weight is 236 g/mol. The minimum absolute atomic E-state index is 0.822. The first-order valence-electron chi connectivity index (χ1n) is 6.07. The van der Waals surface area contributed by atoms with Gasteiger partial charge in [-0.1, -0.05) is 12.1 Å². The average Bonchev–Trinajstić information content (AvgIpc) is 2.26. The van der Waals surface area contributed by atoms with Crippen LogP contribution >= 0.6 is 0 Å². The second-order valence-electron chi connectivity index (χ2n) is 2.36. The number of hydrogen-bond donors (Lipinski definition) is 0. The Bertz CT molecular complexity index is 626. The topological polar surface area (TPSA) is 86.5 Å². The van der Waals surface area contributed by atoms with Gasteiger partial charge < -0.3 is 0 Å². The first-order chi connectivity index (χ1) is 8.88. The van der Waals surface area contributed by atoms with Crippen LogP contribution in [0.2, 0.25) is 0 Å². The molecule has 0 aliphatic heterocycles. The lowest BCUT2D eigenvalue weighted by molar-refractivity contribution is -0.387. The molecule has 0 N–H and O–H groups in total. The summed E-state index contributed by atoms with van der Waals surface area (Å²) in [6.07, 6.45) is 0. The third-order valence-electron chi connectivity index (χ3n) is 1.48. The predicted octanol–water partition coefficient (Wildman–Crippen LogP) is 1.32. The van der Waals surface area contributed by atoms with Crippen LogP contribution in [0.4, 0.5) is 5.69 Å². The van der Waals surface area contributed by atoms with Gasteiger partial charge >= 0.3 is 10.1 Å². The van der Waals surface area contributed by atoms with E-state index >= 15 is 0 Å². The van der Waals surface area contributed by atoms with Gasteiger partial charge in [0, 0.05) is 10.2 Å². The van der Waals surface area contributed by atoms with Crippen LogP contribution in [0, 0.1) is 10.1 Å². The highest BCUT2D eigenvalue weighted by Crippen LogP contribution is 2.24. The molecule has 0 amide bonds. The Hall–Kier alpha value is -1.47. The van der Waals surface area contributed by atoms with Crippen LogP contribution in [-0.4, -0.2) is 19.9 Å². The zero-order valence-electron chi connectivity index (χ0n) is 12.2. The van der Waals surface area contributed by atoms with E-state index < -0.39 is 39.0 Å². The molecular weight excluding hydrogens is 222 g/mol. The molecule has 7 heteroatoms. The number of hydrogen-bond acceptors (Lipinski definition) is 5. The Balaban J connectivity index is 3.30. The maximum atomic E-state index is 11.8. The van der Waals surface area contributed by atoms with E-state index in [1.165, 1.54) is 6.07 Å². The van der Waals surface area contributed by atoms with Crippen molar-refractivity contribution in [1.82, 2.24) is 0 Å². The molecule has 0 aliphatic rings. The van der Waals surface area contributed by atoms with Gasteiger partial charge in [0.2, 0.25) is 0 Å². The first kappa shape index (κ1) is 6.19. The van der Waals surface area contributed by atoms with E-state index in [1.54, 1.807) is 0 Å². The third-order valence-corrected chi connectivity index (χ3v) is 2.67. The third kappa shape index (κ3) is 2.51. The summed E-state index contributed by atoms with van der Waals surface area (Å²) in [6, 6.07) is 4.06. The molecule has 1 rings (SSSR count). The summed E-state index contributed by atoms with van der Waals surface area (Å²) in [6.45, 7) is -6.88. The van der Waals surface area contributed by atoms with Crippen molar-refractivity contribution in [3.63, 3.8) is 0 Å². The number of nitro groups is 1. The van der Waals surface area contributed by atoms with E-state index in [0.717, 1.165) is 18.2 Å². The van der Waals surface area contributed by atoms with E-state index in [9.17, 15) is 18.5 Å². The van der Waals surface area contributed by atoms with E-state index in [0.29, 0.717) is 0 Å². The molecule has 0 saturated carbocycles. The van der Waals surface area contributed by atoms with Gasteiger partial charge in [-0.15, -0.1) is 0 Å². The van der Waals surface area contributed by atoms with Gasteiger partial charge in [0.05, 0.1) is 14.2 Å². The molecule has 15 heavy (non-hydrogen) atoms. The van der Waals surface area contributed by atoms with Crippen molar-refractivity contribution in [3.8, 4) is 0 Å². The monoisotopic (exact) mass is 236 g/mol. The Kier molecular flexibility index (Phi) is 1.80. The molecule has 0 bridgehead atoms. The van der Waals surface area contributed by atoms with Gasteiger partial charge in [0.25, 0.3) is 5.69 Å². The molecule has 82 valence electrons. The van der Waals surface area contributed by atoms with Crippen LogP contribution in [-0.2, 0) is 14.3 Å². The van der Waals surface area contributed by atoms with Crippen molar-refractivity contribution < 1.29 is 24.4 Å². The SMILES string of the molecule is [2H]C([2H])([2H])C([2H])([2H])OS(=O)(=O)c1ccccc1[N+](=O)[O-]. The molecule has 0 heterocycles. The van der Waals surface area contributed by atoms with Crippen LogP contribution in [0.5, 0.6) is 0 Å². The summed E-state index contributed by atoms with van der Waals surface area (Å²) in [4.78, 5) is 8.79. The quantitative estimate of drug-likeness (QED) is 0.447. The normalized spacial score (nSPS) is 18.0. The molecule has 0 atom stereocenters. The van der Waals surface area contributed by atoms with E-state index in [2.05, 4.69) is 4.18 Å². The zero-order chi connectivity index (χ0) is 15.8. The number of rotatable bonds is 4. The highest BCUT2D eigenvalue weighted by atomic mass is 32.2. The lowest BCUT2D eigenvalue weighted by atomic mass is 10.3. The van der Waals surface area contributed by atoms with Gasteiger partial charge in [-0.25, -0.2) is 0 Å². The Labute approximate surface area is 93.8 Å². The fourth-order valence-electron chi connectivity index (χ4n) is 0.919. The Morgan fingerprint density at radius 3 is 2.87 bits per heavy atom. The fourth-order valence-corrected chi connectivity index (χ4v) is 1.76. The molecule has 1 aromatic rings. The Morgan fingerprint density at radius 1 is 1.60 bits per heavy atom. The van der Waals surface area contributed by atoms with E-state index in [4.69, 9.17) is 6.85 Å². The molecule has 0 radical (unpaired) electrons. The van der Waals surface area contributed by atoms with E-state index in [-0.39, 0.29) is 0 Å². The van der Waals surface area contributed by atoms with E-state index in [1.807, 2.05) is 0 Å². The number of para-hydroxylation sites is 1. The second kappa shape index (κ2) is 4.37. The number of nitro benzene ring substituents is 1. The molecule has 0 aromatic heterocycles. The van der Waals surface area contributed by atoms with Crippen LogP contribution in [0.1, 0.15) is 13.7 Å². The van der Waals surface area contributed by atoms with Gasteiger partial charge in [0.15, 0.2) is 4.90 Å². The molecule has 0 spiro atoms. The largest absolute Gasteiger partial charge is 0.303 e. The van der Waals surface area contributed by atoms with Gasteiger partial charge in [-0.2, -0.15) is 8.42 Å². The lowest BCUT2D eigenvalue weighted by Crippen LogP contribution is -2.08. The smallest absolute Gasteiger partial charge is 0.266 e. The first-order valence-corrected chi connectivity index (χ1v) is 4.98. The summed E-state index contributed by atoms with van der Waals surface area (Å²) in [5, 5.41) is 10.7. The number of nitrogens with zero attached hydrogens (tertiary/aromatic N) is 1. The molecule has 0 fully saturated rings. The van der Waals surface area contributed by atoms with Gasteiger partial charge in [0.1, 0.15) is 0 Å². The van der Waals surface area contributed by atoms with Crippen LogP contribution in [0.25, 0.3) is 0 Å². The highest BCUT2D eigenvalue weighted by Gasteiger charge is 2.25. The van der Waals surface area contributed by atoms with Crippen LogP contribution in [0.15, 0.2) is 29.2 Å². The Morgan fingerprint density at radius 2 is 2.27 bits per heavy atom. The zero-order valence-corrected chi connectivity index (χ0v) is 8.02. The molecule has 0 aliphatic carbocycles.